The Morgan fingerprint density at radius 3 is 2.57 bits per heavy atom. The number of hydrogen-bond acceptors (Lipinski definition) is 8. The SMILES string of the molecule is COc1ccc(C2=C3C(=O)c4c(NC(=O)CN5CCN(c6ccccn6)CC5)cccc4C3N=N2)cc1. The second-order valence-electron chi connectivity index (χ2n) is 9.21. The molecule has 9 heteroatoms. The van der Waals surface area contributed by atoms with Gasteiger partial charge < -0.3 is 15.0 Å². The predicted octanol–water partition coefficient (Wildman–Crippen LogP) is 3.97. The molecule has 1 aliphatic carbocycles. The predicted molar refractivity (Wildman–Crippen MR) is 140 cm³/mol. The third-order valence-electron chi connectivity index (χ3n) is 7.02. The molecule has 0 bridgehead atoms. The van der Waals surface area contributed by atoms with Crippen molar-refractivity contribution in [1.29, 1.82) is 0 Å². The monoisotopic (exact) mass is 494 g/mol. The molecule has 1 amide bonds. The minimum atomic E-state index is -0.448. The van der Waals surface area contributed by atoms with E-state index in [1.165, 1.54) is 0 Å². The van der Waals surface area contributed by atoms with Crippen molar-refractivity contribution in [2.75, 3.05) is 50.1 Å². The van der Waals surface area contributed by atoms with Crippen molar-refractivity contribution in [3.05, 3.63) is 89.1 Å². The summed E-state index contributed by atoms with van der Waals surface area (Å²) in [6.07, 6.45) is 1.79. The molecule has 2 aromatic carbocycles. The third kappa shape index (κ3) is 4.27. The molecular formula is C28H26N6O3. The minimum absolute atomic E-state index is 0.143. The second-order valence-corrected chi connectivity index (χ2v) is 9.21. The Bertz CT molecular complexity index is 1410. The van der Waals surface area contributed by atoms with E-state index < -0.39 is 6.04 Å². The van der Waals surface area contributed by atoms with Gasteiger partial charge in [0.05, 0.1) is 30.5 Å². The summed E-state index contributed by atoms with van der Waals surface area (Å²) in [5, 5.41) is 11.7. The number of ketones is 1. The number of carbonyl (C=O) groups excluding carboxylic acids is 2. The van der Waals surface area contributed by atoms with Gasteiger partial charge in [0.1, 0.15) is 23.3 Å². The van der Waals surface area contributed by atoms with E-state index >= 15 is 0 Å². The van der Waals surface area contributed by atoms with Crippen LogP contribution in [-0.2, 0) is 4.79 Å². The van der Waals surface area contributed by atoms with Crippen LogP contribution in [0.1, 0.15) is 27.5 Å². The molecule has 3 aromatic rings. The van der Waals surface area contributed by atoms with Gasteiger partial charge in [0.2, 0.25) is 5.91 Å². The summed E-state index contributed by atoms with van der Waals surface area (Å²) in [6.45, 7) is 3.39. The minimum Gasteiger partial charge on any atom is -0.497 e. The van der Waals surface area contributed by atoms with Gasteiger partial charge in [-0.1, -0.05) is 18.2 Å². The molecule has 3 aliphatic rings. The van der Waals surface area contributed by atoms with Crippen molar-refractivity contribution >= 4 is 28.9 Å². The third-order valence-corrected chi connectivity index (χ3v) is 7.02. The van der Waals surface area contributed by atoms with Crippen LogP contribution in [0, 0.1) is 0 Å². The molecule has 1 N–H and O–H groups in total. The van der Waals surface area contributed by atoms with Crippen molar-refractivity contribution in [3.8, 4) is 5.75 Å². The number of Topliss-reactive ketones (excluding diaryl/α,β-unsaturated/α-hetero) is 1. The van der Waals surface area contributed by atoms with Crippen LogP contribution in [0.15, 0.2) is 82.7 Å². The molecule has 0 radical (unpaired) electrons. The number of azo groups is 1. The number of aromatic nitrogens is 1. The molecule has 186 valence electrons. The molecule has 0 saturated carbocycles. The van der Waals surface area contributed by atoms with Crippen molar-refractivity contribution < 1.29 is 14.3 Å². The fourth-order valence-electron chi connectivity index (χ4n) is 5.13. The Kier molecular flexibility index (Phi) is 5.97. The maximum atomic E-state index is 13.6. The van der Waals surface area contributed by atoms with Crippen molar-refractivity contribution in [2.45, 2.75) is 6.04 Å². The van der Waals surface area contributed by atoms with Crippen LogP contribution in [0.5, 0.6) is 5.75 Å². The lowest BCUT2D eigenvalue weighted by Crippen LogP contribution is -2.48. The summed E-state index contributed by atoms with van der Waals surface area (Å²) in [6, 6.07) is 18.3. The van der Waals surface area contributed by atoms with Gasteiger partial charge in [-0.25, -0.2) is 4.98 Å². The standard InChI is InChI=1S/C28H26N6O3/c1-37-19-10-8-18(9-11-19)26-25-27(32-31-26)20-5-4-6-21(24(20)28(25)36)30-23(35)17-33-13-15-34(16-14-33)22-7-2-3-12-29-22/h2-12,27H,13-17H2,1H3,(H,30,35). The lowest BCUT2D eigenvalue weighted by Gasteiger charge is -2.34. The highest BCUT2D eigenvalue weighted by Crippen LogP contribution is 2.49. The normalized spacial score (nSPS) is 18.7. The van der Waals surface area contributed by atoms with E-state index in [4.69, 9.17) is 4.74 Å². The number of methoxy groups -OCH3 is 1. The van der Waals surface area contributed by atoms with Crippen LogP contribution in [0.3, 0.4) is 0 Å². The summed E-state index contributed by atoms with van der Waals surface area (Å²) in [5.74, 6) is 1.40. The second kappa shape index (κ2) is 9.59. The van der Waals surface area contributed by atoms with E-state index in [1.54, 1.807) is 19.4 Å². The van der Waals surface area contributed by atoms with E-state index in [1.807, 2.05) is 54.6 Å². The Morgan fingerprint density at radius 2 is 1.84 bits per heavy atom. The molecule has 1 saturated heterocycles. The van der Waals surface area contributed by atoms with E-state index in [0.717, 1.165) is 48.9 Å². The van der Waals surface area contributed by atoms with Crippen LogP contribution in [0.2, 0.25) is 0 Å². The first-order valence-corrected chi connectivity index (χ1v) is 12.3. The highest BCUT2D eigenvalue weighted by Gasteiger charge is 2.42. The first kappa shape index (κ1) is 23.1. The summed E-state index contributed by atoms with van der Waals surface area (Å²) < 4.78 is 5.24. The molecule has 2 aliphatic heterocycles. The van der Waals surface area contributed by atoms with Gasteiger partial charge in [-0.2, -0.15) is 10.2 Å². The van der Waals surface area contributed by atoms with E-state index in [-0.39, 0.29) is 18.2 Å². The van der Waals surface area contributed by atoms with Gasteiger partial charge >= 0.3 is 0 Å². The van der Waals surface area contributed by atoms with Crippen LogP contribution >= 0.6 is 0 Å². The maximum absolute atomic E-state index is 13.6. The lowest BCUT2D eigenvalue weighted by atomic mass is 10.0. The molecular weight excluding hydrogens is 468 g/mol. The zero-order chi connectivity index (χ0) is 25.4. The van der Waals surface area contributed by atoms with Crippen LogP contribution in [0.25, 0.3) is 5.70 Å². The van der Waals surface area contributed by atoms with Crippen molar-refractivity contribution in [2.24, 2.45) is 10.2 Å². The van der Waals surface area contributed by atoms with Crippen LogP contribution < -0.4 is 15.0 Å². The fraction of sp³-hybridized carbons (Fsp3) is 0.250. The summed E-state index contributed by atoms with van der Waals surface area (Å²) in [4.78, 5) is 35.3. The van der Waals surface area contributed by atoms with Gasteiger partial charge in [0, 0.05) is 37.9 Å². The molecule has 1 unspecified atom stereocenters. The Balaban J connectivity index is 1.16. The van der Waals surface area contributed by atoms with Crippen molar-refractivity contribution in [1.82, 2.24) is 9.88 Å². The molecule has 1 aromatic heterocycles. The molecule has 6 rings (SSSR count). The van der Waals surface area contributed by atoms with Crippen molar-refractivity contribution in [3.63, 3.8) is 0 Å². The quantitative estimate of drug-likeness (QED) is 0.557. The average Bonchev–Trinajstić information content (AvgIpc) is 3.50. The Morgan fingerprint density at radius 1 is 1.03 bits per heavy atom. The zero-order valence-corrected chi connectivity index (χ0v) is 20.4. The molecule has 1 fully saturated rings. The number of fused-ring (bicyclic) bond motifs is 3. The molecule has 9 nitrogen and oxygen atoms in total. The van der Waals surface area contributed by atoms with Crippen LogP contribution in [0.4, 0.5) is 11.5 Å². The number of carbonyl (C=O) groups is 2. The zero-order valence-electron chi connectivity index (χ0n) is 20.4. The highest BCUT2D eigenvalue weighted by atomic mass is 16.5. The first-order chi connectivity index (χ1) is 18.1. The number of ether oxygens (including phenoxy) is 1. The van der Waals surface area contributed by atoms with Gasteiger partial charge in [0.15, 0.2) is 5.78 Å². The number of pyridine rings is 1. The van der Waals surface area contributed by atoms with Gasteiger partial charge in [-0.05, 0) is 48.0 Å². The molecule has 3 heterocycles. The number of piperazine rings is 1. The molecule has 0 spiro atoms. The molecule has 1 atom stereocenters. The van der Waals surface area contributed by atoms with Gasteiger partial charge in [0.25, 0.3) is 0 Å². The highest BCUT2D eigenvalue weighted by molar-refractivity contribution is 6.22. The first-order valence-electron chi connectivity index (χ1n) is 12.3. The summed E-state index contributed by atoms with van der Waals surface area (Å²) >= 11 is 0. The Hall–Kier alpha value is -4.37. The van der Waals surface area contributed by atoms with Crippen LogP contribution in [-0.4, -0.2) is 61.4 Å². The number of benzene rings is 2. The number of anilines is 2. The lowest BCUT2D eigenvalue weighted by molar-refractivity contribution is -0.117. The number of hydrogen-bond donors (Lipinski definition) is 1. The number of amides is 1. The van der Waals surface area contributed by atoms with Gasteiger partial charge in [-0.15, -0.1) is 0 Å². The summed E-state index contributed by atoms with van der Waals surface area (Å²) in [7, 11) is 1.61. The van der Waals surface area contributed by atoms with E-state index in [9.17, 15) is 9.59 Å². The number of nitrogens with zero attached hydrogens (tertiary/aromatic N) is 5. The topological polar surface area (TPSA) is 99.5 Å². The number of nitrogens with one attached hydrogen (secondary N) is 1. The summed E-state index contributed by atoms with van der Waals surface area (Å²) in [5.41, 5.74) is 3.71. The number of rotatable bonds is 6. The largest absolute Gasteiger partial charge is 0.497 e. The fourth-order valence-corrected chi connectivity index (χ4v) is 5.13. The molecule has 37 heavy (non-hydrogen) atoms. The average molecular weight is 495 g/mol. The Labute approximate surface area is 214 Å². The smallest absolute Gasteiger partial charge is 0.238 e. The van der Waals surface area contributed by atoms with E-state index in [0.29, 0.717) is 22.5 Å². The van der Waals surface area contributed by atoms with E-state index in [2.05, 4.69) is 30.3 Å². The maximum Gasteiger partial charge on any atom is 0.238 e. The van der Waals surface area contributed by atoms with Gasteiger partial charge in [-0.3, -0.25) is 14.5 Å².